The molecule has 1 amide bonds. The molecule has 0 saturated heterocycles. The number of carbonyl (C=O) groups excluding carboxylic acids is 2. The fraction of sp³-hybridized carbons (Fsp3) is 0.500. The number of unbranched alkanes of at least 4 members (excludes halogenated alkanes) is 2. The van der Waals surface area contributed by atoms with Crippen LogP contribution in [0.4, 0.5) is 0 Å². The highest BCUT2D eigenvalue weighted by molar-refractivity contribution is 14.1. The summed E-state index contributed by atoms with van der Waals surface area (Å²) in [6, 6.07) is 2.06. The number of amides is 1. The molecule has 0 fully saturated rings. The number of ketones is 1. The van der Waals surface area contributed by atoms with Crippen LogP contribution in [0.15, 0.2) is 9.78 Å². The number of hydrogen-bond acceptors (Lipinski definition) is 3. The van der Waals surface area contributed by atoms with Crippen molar-refractivity contribution < 1.29 is 9.59 Å². The number of nitriles is 1. The molecule has 1 aliphatic heterocycles. The smallest absolute Gasteiger partial charge is 0.234 e. The summed E-state index contributed by atoms with van der Waals surface area (Å²) in [6.07, 6.45) is 3.68. The molecule has 0 bridgehead atoms. The Morgan fingerprint density at radius 1 is 1.47 bits per heavy atom. The van der Waals surface area contributed by atoms with E-state index in [-0.39, 0.29) is 18.1 Å². The van der Waals surface area contributed by atoms with Crippen LogP contribution < -0.4 is 0 Å². The van der Waals surface area contributed by atoms with Crippen LogP contribution in [-0.2, 0) is 9.59 Å². The zero-order chi connectivity index (χ0) is 11.3. The van der Waals surface area contributed by atoms with Crippen LogP contribution in [0.2, 0.25) is 0 Å². The van der Waals surface area contributed by atoms with E-state index >= 15 is 0 Å². The normalized spacial score (nSPS) is 16.3. The van der Waals surface area contributed by atoms with Gasteiger partial charge in [0.05, 0.1) is 16.1 Å². The molecule has 0 radical (unpaired) electrons. The molecule has 0 N–H and O–H groups in total. The molecule has 1 heterocycles. The lowest BCUT2D eigenvalue weighted by atomic mass is 10.1. The maximum atomic E-state index is 11.4. The van der Waals surface area contributed by atoms with Gasteiger partial charge in [-0.25, -0.2) is 0 Å². The maximum absolute atomic E-state index is 11.4. The van der Waals surface area contributed by atoms with Crippen LogP contribution in [0, 0.1) is 11.3 Å². The summed E-state index contributed by atoms with van der Waals surface area (Å²) in [5, 5.41) is 8.34. The molecule has 1 rings (SSSR count). The highest BCUT2D eigenvalue weighted by Crippen LogP contribution is 2.18. The Balaban J connectivity index is 2.45. The third-order valence-corrected chi connectivity index (χ3v) is 2.99. The highest BCUT2D eigenvalue weighted by Gasteiger charge is 2.23. The molecular weight excluding hydrogens is 307 g/mol. The molecule has 0 saturated carbocycles. The van der Waals surface area contributed by atoms with Gasteiger partial charge in [-0.2, -0.15) is 5.26 Å². The van der Waals surface area contributed by atoms with E-state index in [2.05, 4.69) is 6.07 Å². The lowest BCUT2D eigenvalue weighted by Gasteiger charge is -2.22. The zero-order valence-electron chi connectivity index (χ0n) is 8.20. The third-order valence-electron chi connectivity index (χ3n) is 2.11. The van der Waals surface area contributed by atoms with E-state index in [4.69, 9.17) is 5.26 Å². The number of hydrogen-bond donors (Lipinski definition) is 0. The number of allylic oxidation sites excluding steroid dienone is 1. The van der Waals surface area contributed by atoms with Crippen molar-refractivity contribution in [3.8, 4) is 6.07 Å². The highest BCUT2D eigenvalue weighted by atomic mass is 127. The Bertz CT molecular complexity index is 344. The minimum Gasteiger partial charge on any atom is -0.317 e. The van der Waals surface area contributed by atoms with Gasteiger partial charge in [-0.15, -0.1) is 0 Å². The van der Waals surface area contributed by atoms with Crippen molar-refractivity contribution in [3.63, 3.8) is 0 Å². The molecule has 0 atom stereocenters. The topological polar surface area (TPSA) is 61.2 Å². The van der Waals surface area contributed by atoms with Crippen LogP contribution in [-0.4, -0.2) is 23.1 Å². The second-order valence-electron chi connectivity index (χ2n) is 3.28. The Hall–Kier alpha value is -0.900. The molecule has 1 aliphatic rings. The van der Waals surface area contributed by atoms with Crippen molar-refractivity contribution in [2.75, 3.05) is 6.54 Å². The SMILES string of the molecule is N#CCCCCN1C=C(I)C(=O)CC1=O. The largest absolute Gasteiger partial charge is 0.317 e. The summed E-state index contributed by atoms with van der Waals surface area (Å²) in [7, 11) is 0. The Labute approximate surface area is 102 Å². The first-order chi connectivity index (χ1) is 7.15. The quantitative estimate of drug-likeness (QED) is 0.451. The zero-order valence-corrected chi connectivity index (χ0v) is 10.4. The number of rotatable bonds is 4. The second kappa shape index (κ2) is 5.85. The van der Waals surface area contributed by atoms with Gasteiger partial charge >= 0.3 is 0 Å². The van der Waals surface area contributed by atoms with Gasteiger partial charge < -0.3 is 4.90 Å². The van der Waals surface area contributed by atoms with E-state index in [1.165, 1.54) is 0 Å². The average Bonchev–Trinajstić information content (AvgIpc) is 2.20. The van der Waals surface area contributed by atoms with Crippen molar-refractivity contribution in [3.05, 3.63) is 9.78 Å². The molecule has 4 nitrogen and oxygen atoms in total. The molecule has 80 valence electrons. The molecular formula is C10H11IN2O2. The summed E-state index contributed by atoms with van der Waals surface area (Å²) in [5.41, 5.74) is 0. The van der Waals surface area contributed by atoms with Crippen LogP contribution in [0.1, 0.15) is 25.7 Å². The molecule has 0 aromatic rings. The number of nitrogens with zero attached hydrogens (tertiary/aromatic N) is 2. The van der Waals surface area contributed by atoms with E-state index < -0.39 is 0 Å². The number of carbonyl (C=O) groups is 2. The van der Waals surface area contributed by atoms with E-state index in [9.17, 15) is 9.59 Å². The van der Waals surface area contributed by atoms with Gasteiger partial charge in [0.1, 0.15) is 0 Å². The predicted molar refractivity (Wildman–Crippen MR) is 62.9 cm³/mol. The van der Waals surface area contributed by atoms with Crippen LogP contribution in [0.5, 0.6) is 0 Å². The molecule has 0 aromatic heterocycles. The Morgan fingerprint density at radius 3 is 2.87 bits per heavy atom. The van der Waals surface area contributed by atoms with Gasteiger partial charge in [-0.05, 0) is 35.4 Å². The summed E-state index contributed by atoms with van der Waals surface area (Å²) >= 11 is 1.94. The Kier molecular flexibility index (Phi) is 4.75. The van der Waals surface area contributed by atoms with Crippen molar-refractivity contribution in [2.45, 2.75) is 25.7 Å². The minimum absolute atomic E-state index is 0.0208. The average molecular weight is 318 g/mol. The summed E-state index contributed by atoms with van der Waals surface area (Å²) < 4.78 is 0.604. The number of Topliss-reactive ketones (excluding diaryl/α,β-unsaturated/α-hetero) is 1. The summed E-state index contributed by atoms with van der Waals surface area (Å²) in [4.78, 5) is 24.1. The lowest BCUT2D eigenvalue weighted by molar-refractivity contribution is -0.133. The van der Waals surface area contributed by atoms with Crippen LogP contribution >= 0.6 is 22.6 Å². The minimum atomic E-state index is -0.141. The summed E-state index contributed by atoms with van der Waals surface area (Å²) in [6.45, 7) is 0.598. The van der Waals surface area contributed by atoms with Crippen LogP contribution in [0.25, 0.3) is 0 Å². The Morgan fingerprint density at radius 2 is 2.20 bits per heavy atom. The van der Waals surface area contributed by atoms with Gasteiger partial charge in [-0.1, -0.05) is 0 Å². The van der Waals surface area contributed by atoms with Gasteiger partial charge in [0, 0.05) is 19.2 Å². The first kappa shape index (κ1) is 12.2. The first-order valence-corrected chi connectivity index (χ1v) is 5.80. The maximum Gasteiger partial charge on any atom is 0.234 e. The standard InChI is InChI=1S/C10H11IN2O2/c11-8-7-13(5-3-1-2-4-12)10(15)6-9(8)14/h7H,1-3,5-6H2. The molecule has 0 aliphatic carbocycles. The van der Waals surface area contributed by atoms with E-state index in [0.717, 1.165) is 12.8 Å². The van der Waals surface area contributed by atoms with Gasteiger partial charge in [-0.3, -0.25) is 9.59 Å². The lowest BCUT2D eigenvalue weighted by Crippen LogP contribution is -2.32. The summed E-state index contributed by atoms with van der Waals surface area (Å²) in [5.74, 6) is -0.244. The fourth-order valence-electron chi connectivity index (χ4n) is 1.28. The second-order valence-corrected chi connectivity index (χ2v) is 4.44. The van der Waals surface area contributed by atoms with Crippen molar-refractivity contribution in [1.29, 1.82) is 5.26 Å². The molecule has 0 unspecified atom stereocenters. The fourth-order valence-corrected chi connectivity index (χ4v) is 1.81. The van der Waals surface area contributed by atoms with E-state index in [1.54, 1.807) is 11.1 Å². The molecule has 0 aromatic carbocycles. The monoisotopic (exact) mass is 318 g/mol. The van der Waals surface area contributed by atoms with Gasteiger partial charge in [0.2, 0.25) is 5.91 Å². The van der Waals surface area contributed by atoms with E-state index in [1.807, 2.05) is 22.6 Å². The van der Waals surface area contributed by atoms with Crippen molar-refractivity contribution in [2.24, 2.45) is 0 Å². The molecule has 15 heavy (non-hydrogen) atoms. The van der Waals surface area contributed by atoms with Gasteiger partial charge in [0.25, 0.3) is 0 Å². The van der Waals surface area contributed by atoms with Crippen molar-refractivity contribution in [1.82, 2.24) is 4.90 Å². The van der Waals surface area contributed by atoms with E-state index in [0.29, 0.717) is 16.5 Å². The molecule has 5 heteroatoms. The predicted octanol–water partition coefficient (Wildman–Crippen LogP) is 1.76. The first-order valence-electron chi connectivity index (χ1n) is 4.72. The van der Waals surface area contributed by atoms with Crippen molar-refractivity contribution >= 4 is 34.3 Å². The molecule has 0 spiro atoms. The third kappa shape index (κ3) is 3.63. The van der Waals surface area contributed by atoms with Gasteiger partial charge in [0.15, 0.2) is 5.78 Å². The van der Waals surface area contributed by atoms with Crippen LogP contribution in [0.3, 0.4) is 0 Å². The number of halogens is 1.